The van der Waals surface area contributed by atoms with Gasteiger partial charge in [-0.3, -0.25) is 19.4 Å². The predicted molar refractivity (Wildman–Crippen MR) is 93.0 cm³/mol. The van der Waals surface area contributed by atoms with Gasteiger partial charge in [0.1, 0.15) is 0 Å². The van der Waals surface area contributed by atoms with Gasteiger partial charge in [-0.05, 0) is 31.2 Å². The third-order valence-electron chi connectivity index (χ3n) is 3.17. The molecule has 8 nitrogen and oxygen atoms in total. The number of amides is 3. The minimum atomic E-state index is -0.633. The van der Waals surface area contributed by atoms with Crippen LogP contribution in [0.15, 0.2) is 53.9 Å². The first-order chi connectivity index (χ1) is 12.0. The summed E-state index contributed by atoms with van der Waals surface area (Å²) in [5, 5.41) is 6.48. The lowest BCUT2D eigenvalue weighted by atomic mass is 10.1. The molecule has 0 atom stereocenters. The van der Waals surface area contributed by atoms with E-state index in [1.165, 1.54) is 18.5 Å². The van der Waals surface area contributed by atoms with E-state index < -0.39 is 11.8 Å². The van der Waals surface area contributed by atoms with Crippen molar-refractivity contribution in [2.75, 3.05) is 5.32 Å². The number of nitrogens with zero attached hydrogens (tertiary/aromatic N) is 2. The number of aromatic nitrogens is 1. The first kappa shape index (κ1) is 17.8. The fourth-order valence-electron chi connectivity index (χ4n) is 1.99. The van der Waals surface area contributed by atoms with Crippen molar-refractivity contribution in [1.82, 2.24) is 10.4 Å². The molecule has 2 aromatic rings. The van der Waals surface area contributed by atoms with Gasteiger partial charge in [0.25, 0.3) is 11.8 Å². The minimum absolute atomic E-state index is 0.0519. The lowest BCUT2D eigenvalue weighted by Crippen LogP contribution is -2.22. The zero-order chi connectivity index (χ0) is 18.2. The highest BCUT2D eigenvalue weighted by atomic mass is 16.2. The van der Waals surface area contributed by atoms with E-state index in [1.807, 2.05) is 0 Å². The summed E-state index contributed by atoms with van der Waals surface area (Å²) >= 11 is 0. The van der Waals surface area contributed by atoms with E-state index in [0.717, 1.165) is 0 Å². The Bertz CT molecular complexity index is 818. The second-order valence-corrected chi connectivity index (χ2v) is 5.16. The Hall–Kier alpha value is -3.55. The molecule has 4 N–H and O–H groups in total. The van der Waals surface area contributed by atoms with Crippen LogP contribution in [0.4, 0.5) is 5.69 Å². The van der Waals surface area contributed by atoms with E-state index in [1.54, 1.807) is 37.3 Å². The molecule has 25 heavy (non-hydrogen) atoms. The lowest BCUT2D eigenvalue weighted by molar-refractivity contribution is -0.115. The summed E-state index contributed by atoms with van der Waals surface area (Å²) in [5.41, 5.74) is 8.98. The molecular weight excluding hydrogens is 322 g/mol. The number of hydrogen-bond acceptors (Lipinski definition) is 5. The third-order valence-corrected chi connectivity index (χ3v) is 3.17. The molecule has 128 valence electrons. The number of rotatable bonds is 6. The smallest absolute Gasteiger partial charge is 0.271 e. The molecule has 8 heteroatoms. The van der Waals surface area contributed by atoms with E-state index in [0.29, 0.717) is 17.0 Å². The van der Waals surface area contributed by atoms with Gasteiger partial charge in [-0.25, -0.2) is 5.43 Å². The number of nitrogens with two attached hydrogens (primary N) is 1. The molecule has 1 aromatic heterocycles. The molecule has 1 heterocycles. The van der Waals surface area contributed by atoms with Crippen molar-refractivity contribution in [1.29, 1.82) is 0 Å². The van der Waals surface area contributed by atoms with Crippen LogP contribution >= 0.6 is 0 Å². The van der Waals surface area contributed by atoms with Crippen LogP contribution in [0.5, 0.6) is 0 Å². The van der Waals surface area contributed by atoms with Crippen molar-refractivity contribution in [3.63, 3.8) is 0 Å². The van der Waals surface area contributed by atoms with Crippen LogP contribution in [0.2, 0.25) is 0 Å². The van der Waals surface area contributed by atoms with Crippen LogP contribution in [0.1, 0.15) is 34.1 Å². The lowest BCUT2D eigenvalue weighted by Gasteiger charge is -2.08. The van der Waals surface area contributed by atoms with Gasteiger partial charge in [0.15, 0.2) is 0 Å². The SMILES string of the molecule is C/C(CC(=O)Nc1ccccc1C(N)=O)=N/NC(=O)c1ccncc1. The van der Waals surface area contributed by atoms with Crippen molar-refractivity contribution in [3.05, 3.63) is 59.9 Å². The van der Waals surface area contributed by atoms with Gasteiger partial charge < -0.3 is 11.1 Å². The number of nitrogens with one attached hydrogen (secondary N) is 2. The van der Waals surface area contributed by atoms with Crippen molar-refractivity contribution in [2.24, 2.45) is 10.8 Å². The monoisotopic (exact) mass is 339 g/mol. The Morgan fingerprint density at radius 1 is 1.12 bits per heavy atom. The number of anilines is 1. The number of para-hydroxylation sites is 1. The Labute approximate surface area is 144 Å². The number of carbonyl (C=O) groups excluding carboxylic acids is 3. The quantitative estimate of drug-likeness (QED) is 0.542. The molecule has 0 radical (unpaired) electrons. The molecule has 0 saturated carbocycles. The predicted octanol–water partition coefficient (Wildman–Crippen LogP) is 1.31. The van der Waals surface area contributed by atoms with Gasteiger partial charge >= 0.3 is 0 Å². The Morgan fingerprint density at radius 3 is 2.48 bits per heavy atom. The number of pyridine rings is 1. The normalized spacial score (nSPS) is 10.8. The maximum atomic E-state index is 12.0. The fraction of sp³-hybridized carbons (Fsp3) is 0.118. The van der Waals surface area contributed by atoms with E-state index in [-0.39, 0.29) is 17.9 Å². The van der Waals surface area contributed by atoms with Gasteiger partial charge in [0.2, 0.25) is 5.91 Å². The van der Waals surface area contributed by atoms with Crippen molar-refractivity contribution in [2.45, 2.75) is 13.3 Å². The molecule has 0 unspecified atom stereocenters. The van der Waals surface area contributed by atoms with E-state index in [4.69, 9.17) is 5.73 Å². The second kappa shape index (κ2) is 8.34. The van der Waals surface area contributed by atoms with E-state index >= 15 is 0 Å². The fourth-order valence-corrected chi connectivity index (χ4v) is 1.99. The van der Waals surface area contributed by atoms with Crippen LogP contribution in [0.3, 0.4) is 0 Å². The van der Waals surface area contributed by atoms with Crippen molar-refractivity contribution >= 4 is 29.1 Å². The third kappa shape index (κ3) is 5.24. The van der Waals surface area contributed by atoms with Crippen LogP contribution in [0.25, 0.3) is 0 Å². The topological polar surface area (TPSA) is 127 Å². The Kier molecular flexibility index (Phi) is 5.94. The summed E-state index contributed by atoms with van der Waals surface area (Å²) in [4.78, 5) is 39.0. The van der Waals surface area contributed by atoms with E-state index in [2.05, 4.69) is 20.8 Å². The molecule has 0 spiro atoms. The molecular formula is C17H17N5O3. The summed E-state index contributed by atoms with van der Waals surface area (Å²) in [6.45, 7) is 1.60. The number of benzene rings is 1. The van der Waals surface area contributed by atoms with Crippen LogP contribution < -0.4 is 16.5 Å². The average molecular weight is 339 g/mol. The maximum absolute atomic E-state index is 12.0. The van der Waals surface area contributed by atoms with E-state index in [9.17, 15) is 14.4 Å². The summed E-state index contributed by atoms with van der Waals surface area (Å²) in [6, 6.07) is 9.53. The molecule has 0 aliphatic heterocycles. The number of primary amides is 1. The zero-order valence-electron chi connectivity index (χ0n) is 13.5. The first-order valence-corrected chi connectivity index (χ1v) is 7.39. The molecule has 0 saturated heterocycles. The van der Waals surface area contributed by atoms with Crippen LogP contribution in [-0.4, -0.2) is 28.4 Å². The van der Waals surface area contributed by atoms with Crippen LogP contribution in [-0.2, 0) is 4.79 Å². The van der Waals surface area contributed by atoms with Gasteiger partial charge in [0.05, 0.1) is 17.7 Å². The summed E-state index contributed by atoms with van der Waals surface area (Å²) in [7, 11) is 0. The highest BCUT2D eigenvalue weighted by molar-refractivity contribution is 6.09. The summed E-state index contributed by atoms with van der Waals surface area (Å²) in [5.74, 6) is -1.42. The first-order valence-electron chi connectivity index (χ1n) is 7.39. The zero-order valence-corrected chi connectivity index (χ0v) is 13.5. The largest absolute Gasteiger partial charge is 0.366 e. The molecule has 0 aliphatic carbocycles. The summed E-state index contributed by atoms with van der Waals surface area (Å²) < 4.78 is 0. The number of hydrogen-bond donors (Lipinski definition) is 3. The van der Waals surface area contributed by atoms with Gasteiger partial charge in [-0.15, -0.1) is 0 Å². The molecule has 0 bridgehead atoms. The van der Waals surface area contributed by atoms with Crippen LogP contribution in [0, 0.1) is 0 Å². The minimum Gasteiger partial charge on any atom is -0.366 e. The van der Waals surface area contributed by atoms with Gasteiger partial charge in [-0.1, -0.05) is 12.1 Å². The second-order valence-electron chi connectivity index (χ2n) is 5.16. The number of carbonyl (C=O) groups is 3. The molecule has 1 aromatic carbocycles. The van der Waals surface area contributed by atoms with Crippen molar-refractivity contribution < 1.29 is 14.4 Å². The highest BCUT2D eigenvalue weighted by Gasteiger charge is 2.11. The molecule has 0 fully saturated rings. The van der Waals surface area contributed by atoms with Gasteiger partial charge in [-0.2, -0.15) is 5.10 Å². The Morgan fingerprint density at radius 2 is 1.80 bits per heavy atom. The highest BCUT2D eigenvalue weighted by Crippen LogP contribution is 2.14. The molecule has 0 aliphatic rings. The van der Waals surface area contributed by atoms with Gasteiger partial charge in [0, 0.05) is 23.7 Å². The molecule has 3 amide bonds. The standard InChI is InChI=1S/C17H17N5O3/c1-11(21-22-17(25)12-6-8-19-9-7-12)10-15(23)20-14-5-3-2-4-13(14)16(18)24/h2-9H,10H2,1H3,(H2,18,24)(H,20,23)(H,22,25)/b21-11-. The Balaban J connectivity index is 1.94. The average Bonchev–Trinajstić information content (AvgIpc) is 2.60. The molecule has 2 rings (SSSR count). The number of hydrazone groups is 1. The maximum Gasteiger partial charge on any atom is 0.271 e. The van der Waals surface area contributed by atoms with Crippen molar-refractivity contribution in [3.8, 4) is 0 Å². The summed E-state index contributed by atoms with van der Waals surface area (Å²) in [6.07, 6.45) is 2.94.